The number of carbonyl (C=O) groups is 2. The van der Waals surface area contributed by atoms with Gasteiger partial charge in [0, 0.05) is 18.7 Å². The van der Waals surface area contributed by atoms with Gasteiger partial charge in [0.25, 0.3) is 0 Å². The second-order valence-electron chi connectivity index (χ2n) is 9.67. The smallest absolute Gasteiger partial charge is 0.244 e. The zero-order chi connectivity index (χ0) is 33.9. The number of unbranched alkanes of at least 4 members (excludes halogenated alkanes) is 1. The van der Waals surface area contributed by atoms with E-state index in [2.05, 4.69) is 10.6 Å². The molecule has 0 saturated heterocycles. The van der Waals surface area contributed by atoms with E-state index < -0.39 is 18.2 Å². The summed E-state index contributed by atoms with van der Waals surface area (Å²) in [4.78, 5) is 24.5. The Labute approximate surface area is 269 Å². The summed E-state index contributed by atoms with van der Waals surface area (Å²) >= 11 is 0. The average molecular weight is 641 g/mol. The van der Waals surface area contributed by atoms with Crippen LogP contribution in [0.4, 0.5) is 0 Å². The molecule has 46 heavy (non-hydrogen) atoms. The van der Waals surface area contributed by atoms with Crippen molar-refractivity contribution in [2.45, 2.75) is 31.6 Å². The van der Waals surface area contributed by atoms with Gasteiger partial charge < -0.3 is 49.3 Å². The number of ether oxygens (including phenoxy) is 6. The molecule has 2 aromatic rings. The number of rotatable bonds is 19. The summed E-state index contributed by atoms with van der Waals surface area (Å²) in [7, 11) is 9.18. The second kappa shape index (κ2) is 20.2. The molecule has 0 aliphatic heterocycles. The van der Waals surface area contributed by atoms with E-state index in [1.807, 2.05) is 0 Å². The van der Waals surface area contributed by atoms with Gasteiger partial charge in [0.1, 0.15) is 0 Å². The summed E-state index contributed by atoms with van der Waals surface area (Å²) in [6.45, 7) is 0.383. The number of aliphatic hydroxyl groups excluding tert-OH is 1. The number of nitrogens with one attached hydrogen (secondary N) is 2. The number of hydrogen-bond donors (Lipinski definition) is 4. The molecule has 4 N–H and O–H groups in total. The molecule has 12 nitrogen and oxygen atoms in total. The zero-order valence-corrected chi connectivity index (χ0v) is 27.1. The van der Waals surface area contributed by atoms with Crippen LogP contribution in [-0.4, -0.2) is 83.6 Å². The number of benzene rings is 2. The van der Waals surface area contributed by atoms with Crippen molar-refractivity contribution in [1.29, 1.82) is 0 Å². The maximum absolute atomic E-state index is 12.3. The minimum atomic E-state index is -1.73. The van der Waals surface area contributed by atoms with E-state index in [4.69, 9.17) is 28.4 Å². The number of hydrogen-bond acceptors (Lipinski definition) is 10. The molecule has 1 atom stereocenters. The van der Waals surface area contributed by atoms with Crippen LogP contribution in [0.25, 0.3) is 12.2 Å². The van der Waals surface area contributed by atoms with Crippen molar-refractivity contribution in [2.75, 3.05) is 49.2 Å². The van der Waals surface area contributed by atoms with Crippen LogP contribution in [0.5, 0.6) is 34.5 Å². The highest BCUT2D eigenvalue weighted by molar-refractivity contribution is 5.88. The maximum atomic E-state index is 12.3. The topological polar surface area (TPSA) is 154 Å². The molecular formula is C34H44N2O10. The highest BCUT2D eigenvalue weighted by Crippen LogP contribution is 2.39. The fourth-order valence-corrected chi connectivity index (χ4v) is 4.30. The van der Waals surface area contributed by atoms with Crippen LogP contribution in [0.1, 0.15) is 30.4 Å². The van der Waals surface area contributed by atoms with Crippen molar-refractivity contribution in [1.82, 2.24) is 10.6 Å². The van der Waals surface area contributed by atoms with Gasteiger partial charge in [-0.05, 0) is 54.7 Å². The molecule has 0 fully saturated rings. The van der Waals surface area contributed by atoms with Gasteiger partial charge in [-0.3, -0.25) is 9.59 Å². The number of amides is 2. The third-order valence-corrected chi connectivity index (χ3v) is 6.60. The average Bonchev–Trinajstić information content (AvgIpc) is 3.06. The van der Waals surface area contributed by atoms with Crippen LogP contribution in [-0.2, 0) is 9.59 Å². The molecule has 2 amide bonds. The van der Waals surface area contributed by atoms with E-state index >= 15 is 0 Å². The SMILES string of the molecule is COc1cc(C=CC=CC(=O)NCCCCC(NC(=O)C=CC=Cc2cc(OC)c(OC)c(OC)c2)C(O)O)cc(OC)c1OC. The summed E-state index contributed by atoms with van der Waals surface area (Å²) in [5.74, 6) is 2.27. The Morgan fingerprint density at radius 3 is 1.48 bits per heavy atom. The Bertz CT molecular complexity index is 1350. The lowest BCUT2D eigenvalue weighted by Gasteiger charge is -2.19. The summed E-state index contributed by atoms with van der Waals surface area (Å²) in [5.41, 5.74) is 1.56. The summed E-state index contributed by atoms with van der Waals surface area (Å²) in [6.07, 6.45) is 12.4. The lowest BCUT2D eigenvalue weighted by atomic mass is 10.1. The van der Waals surface area contributed by atoms with Crippen molar-refractivity contribution in [3.05, 3.63) is 71.8 Å². The Morgan fingerprint density at radius 1 is 0.652 bits per heavy atom. The van der Waals surface area contributed by atoms with E-state index in [1.54, 1.807) is 54.6 Å². The van der Waals surface area contributed by atoms with Crippen molar-refractivity contribution in [3.8, 4) is 34.5 Å². The molecule has 2 rings (SSSR count). The summed E-state index contributed by atoms with van der Waals surface area (Å²) < 4.78 is 32.0. The maximum Gasteiger partial charge on any atom is 0.244 e. The first-order valence-electron chi connectivity index (χ1n) is 14.4. The molecule has 0 aliphatic rings. The number of carbonyl (C=O) groups excluding carboxylic acids is 2. The molecule has 12 heteroatoms. The standard InChI is InChI=1S/C34H44N2O10/c1-41-26-19-23(20-27(42-2)32(26)45-5)13-7-9-16-30(37)35-18-12-11-15-25(34(39)40)36-31(38)17-10-8-14-24-21-28(43-3)33(46-6)29(22-24)44-4/h7-10,13-14,16-17,19-22,25,34,39-40H,11-12,15,18H2,1-6H3,(H,35,37)(H,36,38). The molecule has 250 valence electrons. The Morgan fingerprint density at radius 2 is 1.09 bits per heavy atom. The highest BCUT2D eigenvalue weighted by atomic mass is 16.5. The normalized spacial score (nSPS) is 12.2. The molecule has 1 unspecified atom stereocenters. The largest absolute Gasteiger partial charge is 0.493 e. The molecule has 0 spiro atoms. The minimum absolute atomic E-state index is 0.272. The van der Waals surface area contributed by atoms with Crippen LogP contribution in [0.15, 0.2) is 60.7 Å². The summed E-state index contributed by atoms with van der Waals surface area (Å²) in [6, 6.07) is 6.24. The first-order valence-corrected chi connectivity index (χ1v) is 14.4. The molecule has 0 aromatic heterocycles. The predicted molar refractivity (Wildman–Crippen MR) is 176 cm³/mol. The van der Waals surface area contributed by atoms with Gasteiger partial charge in [0.05, 0.1) is 48.7 Å². The quantitative estimate of drug-likeness (QED) is 0.0774. The lowest BCUT2D eigenvalue weighted by Crippen LogP contribution is -2.42. The summed E-state index contributed by atoms with van der Waals surface area (Å²) in [5, 5.41) is 24.8. The van der Waals surface area contributed by atoms with Crippen LogP contribution < -0.4 is 39.1 Å². The monoisotopic (exact) mass is 640 g/mol. The molecular weight excluding hydrogens is 596 g/mol. The van der Waals surface area contributed by atoms with Crippen LogP contribution >= 0.6 is 0 Å². The molecule has 2 aromatic carbocycles. The fourth-order valence-electron chi connectivity index (χ4n) is 4.30. The Hall–Kier alpha value is -4.94. The van der Waals surface area contributed by atoms with Gasteiger partial charge in [0.15, 0.2) is 29.3 Å². The van der Waals surface area contributed by atoms with Crippen molar-refractivity contribution in [3.63, 3.8) is 0 Å². The predicted octanol–water partition coefficient (Wildman–Crippen LogP) is 3.66. The van der Waals surface area contributed by atoms with E-state index in [1.165, 1.54) is 60.9 Å². The molecule has 0 saturated carbocycles. The van der Waals surface area contributed by atoms with E-state index in [9.17, 15) is 19.8 Å². The van der Waals surface area contributed by atoms with Gasteiger partial charge in [-0.15, -0.1) is 0 Å². The van der Waals surface area contributed by atoms with Crippen molar-refractivity contribution in [2.24, 2.45) is 0 Å². The van der Waals surface area contributed by atoms with Crippen LogP contribution in [0.2, 0.25) is 0 Å². The lowest BCUT2D eigenvalue weighted by molar-refractivity contribution is -0.122. The van der Waals surface area contributed by atoms with Gasteiger partial charge in [-0.2, -0.15) is 0 Å². The van der Waals surface area contributed by atoms with Gasteiger partial charge in [-0.25, -0.2) is 0 Å². The Balaban J connectivity index is 1.78. The van der Waals surface area contributed by atoms with E-state index in [0.717, 1.165) is 11.1 Å². The number of methoxy groups -OCH3 is 6. The molecule has 0 radical (unpaired) electrons. The van der Waals surface area contributed by atoms with E-state index in [0.29, 0.717) is 60.3 Å². The highest BCUT2D eigenvalue weighted by Gasteiger charge is 2.18. The van der Waals surface area contributed by atoms with Gasteiger partial charge in [-0.1, -0.05) is 36.5 Å². The van der Waals surface area contributed by atoms with Gasteiger partial charge in [0.2, 0.25) is 23.3 Å². The van der Waals surface area contributed by atoms with Crippen molar-refractivity contribution >= 4 is 24.0 Å². The van der Waals surface area contributed by atoms with Crippen LogP contribution in [0, 0.1) is 0 Å². The van der Waals surface area contributed by atoms with Gasteiger partial charge >= 0.3 is 0 Å². The second-order valence-corrected chi connectivity index (χ2v) is 9.67. The molecule has 0 bridgehead atoms. The number of allylic oxidation sites excluding steroid dienone is 4. The third-order valence-electron chi connectivity index (χ3n) is 6.60. The van der Waals surface area contributed by atoms with Crippen LogP contribution in [0.3, 0.4) is 0 Å². The zero-order valence-electron chi connectivity index (χ0n) is 27.1. The number of aliphatic hydroxyl groups is 2. The molecule has 0 aliphatic carbocycles. The Kier molecular flexibility index (Phi) is 16.3. The van der Waals surface area contributed by atoms with E-state index in [-0.39, 0.29) is 5.91 Å². The fraction of sp³-hybridized carbons (Fsp3) is 0.353. The first-order chi connectivity index (χ1) is 22.2. The first kappa shape index (κ1) is 37.2. The minimum Gasteiger partial charge on any atom is -0.493 e. The molecule has 0 heterocycles. The van der Waals surface area contributed by atoms with Crippen molar-refractivity contribution < 1.29 is 48.2 Å². The third kappa shape index (κ3) is 11.9.